The molecule has 3 nitrogen and oxygen atoms in total. The van der Waals surface area contributed by atoms with Gasteiger partial charge in [-0.05, 0) is 14.0 Å². The van der Waals surface area contributed by atoms with Gasteiger partial charge in [0.1, 0.15) is 0 Å². The molecule has 1 saturated heterocycles. The van der Waals surface area contributed by atoms with Gasteiger partial charge in [0.2, 0.25) is 0 Å². The van der Waals surface area contributed by atoms with Crippen LogP contribution in [0.1, 0.15) is 6.92 Å². The van der Waals surface area contributed by atoms with Crippen molar-refractivity contribution in [1.82, 2.24) is 10.2 Å². The summed E-state index contributed by atoms with van der Waals surface area (Å²) in [4.78, 5) is 2.32. The van der Waals surface area contributed by atoms with Crippen molar-refractivity contribution in [2.75, 3.05) is 26.7 Å². The van der Waals surface area contributed by atoms with E-state index in [-0.39, 0.29) is 6.04 Å². The third-order valence-corrected chi connectivity index (χ3v) is 2.17. The van der Waals surface area contributed by atoms with Crippen LogP contribution in [-0.4, -0.2) is 43.7 Å². The predicted molar refractivity (Wildman–Crippen MR) is 42.9 cm³/mol. The Morgan fingerprint density at radius 3 is 2.80 bits per heavy atom. The van der Waals surface area contributed by atoms with E-state index >= 15 is 0 Å². The first kappa shape index (κ1) is 7.98. The minimum absolute atomic E-state index is 0.276. The van der Waals surface area contributed by atoms with Crippen LogP contribution in [-0.2, 0) is 0 Å². The zero-order valence-corrected chi connectivity index (χ0v) is 6.80. The van der Waals surface area contributed by atoms with Crippen LogP contribution in [0, 0.1) is 0 Å². The van der Waals surface area contributed by atoms with Gasteiger partial charge in [0, 0.05) is 31.7 Å². The first-order valence-corrected chi connectivity index (χ1v) is 3.88. The number of likely N-dealkylation sites (N-methyl/N-ethyl adjacent to an activating group) is 1. The molecule has 0 aromatic rings. The number of piperazine rings is 1. The second-order valence-electron chi connectivity index (χ2n) is 3.11. The highest BCUT2D eigenvalue weighted by Crippen LogP contribution is 2.01. The summed E-state index contributed by atoms with van der Waals surface area (Å²) in [5.74, 6) is 0. The van der Waals surface area contributed by atoms with Gasteiger partial charge in [0.25, 0.3) is 0 Å². The summed E-state index contributed by atoms with van der Waals surface area (Å²) in [6.07, 6.45) is 0. The fraction of sp³-hybridized carbons (Fsp3) is 1.00. The average Bonchev–Trinajstić information content (AvgIpc) is 1.88. The van der Waals surface area contributed by atoms with Gasteiger partial charge in [-0.2, -0.15) is 0 Å². The summed E-state index contributed by atoms with van der Waals surface area (Å²) in [5, 5.41) is 3.32. The first-order valence-electron chi connectivity index (χ1n) is 3.88. The standard InChI is InChI=1S/C7H17N3/c1-6(8)7-5-9-3-4-10(7)2/h6-7,9H,3-5,8H2,1-2H3. The normalized spacial score (nSPS) is 32.1. The summed E-state index contributed by atoms with van der Waals surface area (Å²) in [7, 11) is 2.13. The molecular formula is C7H17N3. The number of nitrogens with one attached hydrogen (secondary N) is 1. The van der Waals surface area contributed by atoms with Crippen LogP contribution in [0.15, 0.2) is 0 Å². The lowest BCUT2D eigenvalue weighted by Crippen LogP contribution is -2.56. The van der Waals surface area contributed by atoms with Crippen LogP contribution in [0.25, 0.3) is 0 Å². The van der Waals surface area contributed by atoms with Crippen molar-refractivity contribution in [1.29, 1.82) is 0 Å². The van der Waals surface area contributed by atoms with Crippen molar-refractivity contribution in [2.45, 2.75) is 19.0 Å². The highest BCUT2D eigenvalue weighted by atomic mass is 15.2. The van der Waals surface area contributed by atoms with Crippen LogP contribution in [0.4, 0.5) is 0 Å². The van der Waals surface area contributed by atoms with E-state index in [1.54, 1.807) is 0 Å². The van der Waals surface area contributed by atoms with Crippen molar-refractivity contribution in [3.8, 4) is 0 Å². The molecule has 0 amide bonds. The Balaban J connectivity index is 2.40. The molecule has 1 fully saturated rings. The Morgan fingerprint density at radius 2 is 2.40 bits per heavy atom. The van der Waals surface area contributed by atoms with Gasteiger partial charge in [-0.25, -0.2) is 0 Å². The van der Waals surface area contributed by atoms with E-state index in [9.17, 15) is 0 Å². The van der Waals surface area contributed by atoms with E-state index in [1.165, 1.54) is 0 Å². The SMILES string of the molecule is CC(N)C1CNCCN1C. The summed E-state index contributed by atoms with van der Waals surface area (Å²) in [6, 6.07) is 0.798. The predicted octanol–water partition coefficient (Wildman–Crippen LogP) is -0.763. The molecule has 3 N–H and O–H groups in total. The van der Waals surface area contributed by atoms with E-state index < -0.39 is 0 Å². The van der Waals surface area contributed by atoms with E-state index in [0.717, 1.165) is 19.6 Å². The van der Waals surface area contributed by atoms with E-state index in [4.69, 9.17) is 5.73 Å². The maximum atomic E-state index is 5.78. The molecule has 10 heavy (non-hydrogen) atoms. The third-order valence-electron chi connectivity index (χ3n) is 2.17. The molecule has 0 aromatic heterocycles. The third kappa shape index (κ3) is 1.68. The molecule has 2 unspecified atom stereocenters. The van der Waals surface area contributed by atoms with Gasteiger partial charge in [-0.3, -0.25) is 4.90 Å². The number of nitrogens with zero attached hydrogens (tertiary/aromatic N) is 1. The molecule has 0 aliphatic carbocycles. The van der Waals surface area contributed by atoms with Gasteiger partial charge in [-0.1, -0.05) is 0 Å². The van der Waals surface area contributed by atoms with Gasteiger partial charge >= 0.3 is 0 Å². The minimum Gasteiger partial charge on any atom is -0.326 e. The van der Waals surface area contributed by atoms with Crippen molar-refractivity contribution in [3.63, 3.8) is 0 Å². The number of nitrogens with two attached hydrogens (primary N) is 1. The molecule has 0 spiro atoms. The molecule has 1 aliphatic heterocycles. The molecule has 0 saturated carbocycles. The van der Waals surface area contributed by atoms with Crippen LogP contribution in [0.5, 0.6) is 0 Å². The molecule has 3 heteroatoms. The van der Waals surface area contributed by atoms with Crippen molar-refractivity contribution >= 4 is 0 Å². The Kier molecular flexibility index (Phi) is 2.65. The largest absolute Gasteiger partial charge is 0.326 e. The zero-order chi connectivity index (χ0) is 7.56. The van der Waals surface area contributed by atoms with Gasteiger partial charge in [0.05, 0.1) is 0 Å². The summed E-state index contributed by atoms with van der Waals surface area (Å²) in [6.45, 7) is 5.31. The van der Waals surface area contributed by atoms with Crippen molar-refractivity contribution in [3.05, 3.63) is 0 Å². The summed E-state index contributed by atoms with van der Waals surface area (Å²) < 4.78 is 0. The Labute approximate surface area is 62.6 Å². The van der Waals surface area contributed by atoms with E-state index in [0.29, 0.717) is 6.04 Å². The fourth-order valence-corrected chi connectivity index (χ4v) is 1.41. The Hall–Kier alpha value is -0.120. The lowest BCUT2D eigenvalue weighted by Gasteiger charge is -2.35. The van der Waals surface area contributed by atoms with Crippen molar-refractivity contribution in [2.24, 2.45) is 5.73 Å². The zero-order valence-electron chi connectivity index (χ0n) is 6.80. The monoisotopic (exact) mass is 143 g/mol. The molecule has 0 radical (unpaired) electrons. The smallest absolute Gasteiger partial charge is 0.0366 e. The molecule has 1 heterocycles. The first-order chi connectivity index (χ1) is 4.72. The summed E-state index contributed by atoms with van der Waals surface area (Å²) >= 11 is 0. The van der Waals surface area contributed by atoms with Crippen LogP contribution in [0.2, 0.25) is 0 Å². The summed E-state index contributed by atoms with van der Waals surface area (Å²) in [5.41, 5.74) is 5.78. The van der Waals surface area contributed by atoms with Gasteiger partial charge in [-0.15, -0.1) is 0 Å². The number of rotatable bonds is 1. The Morgan fingerprint density at radius 1 is 1.70 bits per heavy atom. The molecule has 2 atom stereocenters. The van der Waals surface area contributed by atoms with Crippen LogP contribution in [0.3, 0.4) is 0 Å². The molecule has 0 aromatic carbocycles. The maximum absolute atomic E-state index is 5.78. The second kappa shape index (κ2) is 3.32. The second-order valence-corrected chi connectivity index (χ2v) is 3.11. The van der Waals surface area contributed by atoms with Gasteiger partial charge in [0.15, 0.2) is 0 Å². The number of hydrogen-bond acceptors (Lipinski definition) is 3. The molecule has 1 aliphatic rings. The van der Waals surface area contributed by atoms with Crippen LogP contribution < -0.4 is 11.1 Å². The molecule has 1 rings (SSSR count). The topological polar surface area (TPSA) is 41.3 Å². The van der Waals surface area contributed by atoms with Gasteiger partial charge < -0.3 is 11.1 Å². The highest BCUT2D eigenvalue weighted by Gasteiger charge is 2.21. The highest BCUT2D eigenvalue weighted by molar-refractivity contribution is 4.83. The van der Waals surface area contributed by atoms with Crippen LogP contribution >= 0.6 is 0 Å². The fourth-order valence-electron chi connectivity index (χ4n) is 1.41. The lowest BCUT2D eigenvalue weighted by atomic mass is 10.1. The van der Waals surface area contributed by atoms with E-state index in [1.807, 2.05) is 0 Å². The Bertz CT molecular complexity index is 103. The molecule has 0 bridgehead atoms. The molecular weight excluding hydrogens is 126 g/mol. The van der Waals surface area contributed by atoms with E-state index in [2.05, 4.69) is 24.2 Å². The lowest BCUT2D eigenvalue weighted by molar-refractivity contribution is 0.179. The number of hydrogen-bond donors (Lipinski definition) is 2. The maximum Gasteiger partial charge on any atom is 0.0366 e. The minimum atomic E-state index is 0.276. The quantitative estimate of drug-likeness (QED) is 0.507. The molecule has 60 valence electrons. The van der Waals surface area contributed by atoms with Crippen molar-refractivity contribution < 1.29 is 0 Å². The average molecular weight is 143 g/mol.